The molecule has 0 fully saturated rings. The second-order valence-corrected chi connectivity index (χ2v) is 5.64. The number of carbonyl (C=O) groups is 3. The van der Waals surface area contributed by atoms with Gasteiger partial charge >= 0.3 is 11.9 Å². The van der Waals surface area contributed by atoms with E-state index in [1.54, 1.807) is 24.3 Å². The molecule has 0 unspecified atom stereocenters. The van der Waals surface area contributed by atoms with Crippen molar-refractivity contribution in [2.24, 2.45) is 0 Å². The van der Waals surface area contributed by atoms with Crippen LogP contribution in [0.1, 0.15) is 26.3 Å². The topological polar surface area (TPSA) is 102 Å². The predicted molar refractivity (Wildman–Crippen MR) is 93.0 cm³/mol. The molecule has 2 aromatic carbocycles. The maximum atomic E-state index is 11.9. The number of nitrogens with one attached hydrogen (secondary N) is 1. The standard InChI is InChI=1S/C18H16ClNO6/c1-25-17(23)12-4-2-11(3-5-12)9-20-16(22)10-26-18(24)14-8-13(19)6-7-15(14)21/h2-8,21H,9-10H2,1H3,(H,20,22). The Hall–Kier alpha value is -3.06. The number of benzene rings is 2. The zero-order valence-corrected chi connectivity index (χ0v) is 14.6. The fraction of sp³-hybridized carbons (Fsp3) is 0.167. The van der Waals surface area contributed by atoms with Crippen molar-refractivity contribution < 1.29 is 29.0 Å². The predicted octanol–water partition coefficient (Wildman–Crippen LogP) is 2.31. The van der Waals surface area contributed by atoms with Gasteiger partial charge in [-0.25, -0.2) is 9.59 Å². The highest BCUT2D eigenvalue weighted by Crippen LogP contribution is 2.22. The molecular weight excluding hydrogens is 362 g/mol. The summed E-state index contributed by atoms with van der Waals surface area (Å²) in [6.45, 7) is -0.314. The SMILES string of the molecule is COC(=O)c1ccc(CNC(=O)COC(=O)c2cc(Cl)ccc2O)cc1. The summed E-state index contributed by atoms with van der Waals surface area (Å²) in [6, 6.07) is 10.4. The molecule has 2 N–H and O–H groups in total. The van der Waals surface area contributed by atoms with E-state index in [9.17, 15) is 19.5 Å². The molecule has 7 nitrogen and oxygen atoms in total. The third kappa shape index (κ3) is 5.22. The molecule has 8 heteroatoms. The third-order valence-electron chi connectivity index (χ3n) is 3.38. The monoisotopic (exact) mass is 377 g/mol. The lowest BCUT2D eigenvalue weighted by Crippen LogP contribution is -2.28. The van der Waals surface area contributed by atoms with Crippen LogP contribution in [0.5, 0.6) is 5.75 Å². The molecule has 0 aliphatic carbocycles. The molecule has 26 heavy (non-hydrogen) atoms. The van der Waals surface area contributed by atoms with Crippen LogP contribution in [0, 0.1) is 0 Å². The molecule has 0 spiro atoms. The number of phenolic OH excluding ortho intramolecular Hbond substituents is 1. The van der Waals surface area contributed by atoms with Gasteiger partial charge in [0, 0.05) is 11.6 Å². The number of hydrogen-bond acceptors (Lipinski definition) is 6. The summed E-state index contributed by atoms with van der Waals surface area (Å²) in [4.78, 5) is 35.0. The van der Waals surface area contributed by atoms with Gasteiger partial charge in [0.05, 0.1) is 12.7 Å². The summed E-state index contributed by atoms with van der Waals surface area (Å²) in [5.41, 5.74) is 1.03. The highest BCUT2D eigenvalue weighted by atomic mass is 35.5. The zero-order valence-electron chi connectivity index (χ0n) is 13.8. The number of esters is 2. The molecule has 1 amide bonds. The molecule has 0 heterocycles. The van der Waals surface area contributed by atoms with Crippen LogP contribution in [0.15, 0.2) is 42.5 Å². The molecule has 0 aliphatic rings. The average molecular weight is 378 g/mol. The Kier molecular flexibility index (Phi) is 6.57. The number of rotatable bonds is 6. The Balaban J connectivity index is 1.82. The molecule has 2 rings (SSSR count). The summed E-state index contributed by atoms with van der Waals surface area (Å²) in [7, 11) is 1.29. The number of aromatic hydroxyl groups is 1. The van der Waals surface area contributed by atoms with Crippen molar-refractivity contribution in [3.63, 3.8) is 0 Å². The third-order valence-corrected chi connectivity index (χ3v) is 3.61. The normalized spacial score (nSPS) is 10.1. The minimum absolute atomic E-state index is 0.122. The summed E-state index contributed by atoms with van der Waals surface area (Å²) < 4.78 is 9.45. The second-order valence-electron chi connectivity index (χ2n) is 5.20. The van der Waals surface area contributed by atoms with Gasteiger partial charge in [-0.15, -0.1) is 0 Å². The van der Waals surface area contributed by atoms with E-state index in [1.807, 2.05) is 0 Å². The van der Waals surface area contributed by atoms with Crippen LogP contribution in [0.4, 0.5) is 0 Å². The van der Waals surface area contributed by atoms with Crippen molar-refractivity contribution >= 4 is 29.4 Å². The van der Waals surface area contributed by atoms with E-state index in [0.29, 0.717) is 5.56 Å². The number of halogens is 1. The van der Waals surface area contributed by atoms with Gasteiger partial charge in [0.15, 0.2) is 6.61 Å². The number of hydrogen-bond donors (Lipinski definition) is 2. The van der Waals surface area contributed by atoms with Gasteiger partial charge in [-0.3, -0.25) is 4.79 Å². The largest absolute Gasteiger partial charge is 0.507 e. The van der Waals surface area contributed by atoms with E-state index >= 15 is 0 Å². The molecule has 0 saturated carbocycles. The Labute approximate surface area is 154 Å². The number of methoxy groups -OCH3 is 1. The summed E-state index contributed by atoms with van der Waals surface area (Å²) in [6.07, 6.45) is 0. The van der Waals surface area contributed by atoms with Crippen LogP contribution in [0.2, 0.25) is 5.02 Å². The Morgan fingerprint density at radius 3 is 2.42 bits per heavy atom. The summed E-state index contributed by atoms with van der Waals surface area (Å²) >= 11 is 5.75. The Morgan fingerprint density at radius 2 is 1.77 bits per heavy atom. The van der Waals surface area contributed by atoms with E-state index in [4.69, 9.17) is 16.3 Å². The van der Waals surface area contributed by atoms with E-state index < -0.39 is 24.5 Å². The van der Waals surface area contributed by atoms with Crippen LogP contribution in [0.25, 0.3) is 0 Å². The molecule has 0 radical (unpaired) electrons. The number of amides is 1. The maximum absolute atomic E-state index is 11.9. The maximum Gasteiger partial charge on any atom is 0.342 e. The van der Waals surface area contributed by atoms with Crippen molar-refractivity contribution in [1.29, 1.82) is 0 Å². The van der Waals surface area contributed by atoms with Crippen LogP contribution in [-0.2, 0) is 20.8 Å². The van der Waals surface area contributed by atoms with Gasteiger partial charge in [-0.05, 0) is 35.9 Å². The first-order chi connectivity index (χ1) is 12.4. The first kappa shape index (κ1) is 19.3. The Bertz CT molecular complexity index is 819. The molecule has 136 valence electrons. The summed E-state index contributed by atoms with van der Waals surface area (Å²) in [5.74, 6) is -2.11. The van der Waals surface area contributed by atoms with Gasteiger partial charge in [0.1, 0.15) is 11.3 Å². The van der Waals surface area contributed by atoms with Gasteiger partial charge in [-0.2, -0.15) is 0 Å². The van der Waals surface area contributed by atoms with Crippen LogP contribution in [-0.4, -0.2) is 36.7 Å². The van der Waals surface area contributed by atoms with E-state index in [1.165, 1.54) is 25.3 Å². The molecule has 0 atom stereocenters. The van der Waals surface area contributed by atoms with Crippen molar-refractivity contribution in [3.8, 4) is 5.75 Å². The second kappa shape index (κ2) is 8.87. The number of carbonyl (C=O) groups excluding carboxylic acids is 3. The highest BCUT2D eigenvalue weighted by molar-refractivity contribution is 6.31. The zero-order chi connectivity index (χ0) is 19.1. The van der Waals surface area contributed by atoms with Crippen LogP contribution < -0.4 is 5.32 Å². The van der Waals surface area contributed by atoms with Gasteiger partial charge < -0.3 is 19.9 Å². The van der Waals surface area contributed by atoms with Gasteiger partial charge in [0.25, 0.3) is 5.91 Å². The fourth-order valence-electron chi connectivity index (χ4n) is 2.01. The van der Waals surface area contributed by atoms with Crippen LogP contribution >= 0.6 is 11.6 Å². The average Bonchev–Trinajstić information content (AvgIpc) is 2.66. The van der Waals surface area contributed by atoms with Gasteiger partial charge in [-0.1, -0.05) is 23.7 Å². The van der Waals surface area contributed by atoms with E-state index in [0.717, 1.165) is 5.56 Å². The number of ether oxygens (including phenoxy) is 2. The first-order valence-electron chi connectivity index (χ1n) is 7.50. The highest BCUT2D eigenvalue weighted by Gasteiger charge is 2.15. The van der Waals surface area contributed by atoms with Crippen molar-refractivity contribution in [3.05, 3.63) is 64.2 Å². The lowest BCUT2D eigenvalue weighted by Gasteiger charge is -2.08. The minimum Gasteiger partial charge on any atom is -0.507 e. The number of phenols is 1. The fourth-order valence-corrected chi connectivity index (χ4v) is 2.18. The lowest BCUT2D eigenvalue weighted by molar-refractivity contribution is -0.124. The first-order valence-corrected chi connectivity index (χ1v) is 7.88. The van der Waals surface area contributed by atoms with Crippen molar-refractivity contribution in [1.82, 2.24) is 5.32 Å². The quantitative estimate of drug-likeness (QED) is 0.749. The molecule has 0 saturated heterocycles. The molecule has 2 aromatic rings. The van der Waals surface area contributed by atoms with Gasteiger partial charge in [0.2, 0.25) is 0 Å². The minimum atomic E-state index is -0.859. The lowest BCUT2D eigenvalue weighted by atomic mass is 10.1. The van der Waals surface area contributed by atoms with Crippen molar-refractivity contribution in [2.45, 2.75) is 6.54 Å². The van der Waals surface area contributed by atoms with E-state index in [2.05, 4.69) is 10.1 Å². The molecule has 0 aromatic heterocycles. The molecule has 0 aliphatic heterocycles. The van der Waals surface area contributed by atoms with Crippen LogP contribution in [0.3, 0.4) is 0 Å². The summed E-state index contributed by atoms with van der Waals surface area (Å²) in [5, 5.41) is 12.4. The molecule has 0 bridgehead atoms. The van der Waals surface area contributed by atoms with Crippen molar-refractivity contribution in [2.75, 3.05) is 13.7 Å². The Morgan fingerprint density at radius 1 is 1.08 bits per heavy atom. The molecular formula is C18H16ClNO6. The van der Waals surface area contributed by atoms with E-state index in [-0.39, 0.29) is 22.9 Å². The smallest absolute Gasteiger partial charge is 0.342 e.